The van der Waals surface area contributed by atoms with Crippen molar-refractivity contribution < 1.29 is 0 Å². The topological polar surface area (TPSA) is 17.8 Å². The number of hydrogen-bond donors (Lipinski definition) is 0. The van der Waals surface area contributed by atoms with Gasteiger partial charge in [-0.3, -0.25) is 4.68 Å². The predicted octanol–water partition coefficient (Wildman–Crippen LogP) is 3.38. The van der Waals surface area contributed by atoms with Crippen molar-refractivity contribution in [2.75, 3.05) is 5.88 Å². The molecule has 17 heavy (non-hydrogen) atoms. The van der Waals surface area contributed by atoms with Crippen LogP contribution in [0.25, 0.3) is 0 Å². The molecule has 0 fully saturated rings. The molecule has 0 N–H and O–H groups in total. The van der Waals surface area contributed by atoms with E-state index >= 15 is 0 Å². The molecule has 0 saturated carbocycles. The highest BCUT2D eigenvalue weighted by Crippen LogP contribution is 2.22. The van der Waals surface area contributed by atoms with Gasteiger partial charge in [0.25, 0.3) is 0 Å². The Labute approximate surface area is 107 Å². The van der Waals surface area contributed by atoms with Gasteiger partial charge in [-0.1, -0.05) is 30.3 Å². The molecule has 0 bridgehead atoms. The average Bonchev–Trinajstić information content (AvgIpc) is 2.77. The number of nitrogens with zero attached hydrogens (tertiary/aromatic N) is 2. The van der Waals surface area contributed by atoms with E-state index in [2.05, 4.69) is 35.4 Å². The first-order chi connectivity index (χ1) is 8.31. The molecule has 1 atom stereocenters. The second-order valence-electron chi connectivity index (χ2n) is 4.25. The van der Waals surface area contributed by atoms with E-state index in [1.165, 1.54) is 11.3 Å². The maximum atomic E-state index is 6.06. The quantitative estimate of drug-likeness (QED) is 0.742. The number of halogens is 1. The zero-order valence-corrected chi connectivity index (χ0v) is 10.8. The number of aromatic nitrogens is 2. The molecule has 1 unspecified atom stereocenters. The second-order valence-corrected chi connectivity index (χ2v) is 4.56. The minimum atomic E-state index is 0.424. The molecule has 0 aliphatic heterocycles. The summed E-state index contributed by atoms with van der Waals surface area (Å²) in [5.74, 6) is 1.09. The fourth-order valence-electron chi connectivity index (χ4n) is 2.03. The molecule has 2 aromatic rings. The molecule has 0 amide bonds. The van der Waals surface area contributed by atoms with Crippen molar-refractivity contribution in [1.29, 1.82) is 0 Å². The lowest BCUT2D eigenvalue weighted by molar-refractivity contribution is 0.634. The van der Waals surface area contributed by atoms with E-state index in [9.17, 15) is 0 Å². The smallest absolute Gasteiger partial charge is 0.0492 e. The fourth-order valence-corrected chi connectivity index (χ4v) is 2.36. The number of benzene rings is 1. The zero-order chi connectivity index (χ0) is 12.1. The van der Waals surface area contributed by atoms with Crippen LogP contribution in [0.15, 0.2) is 42.6 Å². The minimum absolute atomic E-state index is 0.424. The van der Waals surface area contributed by atoms with Crippen LogP contribution in [0.5, 0.6) is 0 Å². The summed E-state index contributed by atoms with van der Waals surface area (Å²) < 4.78 is 1.93. The van der Waals surface area contributed by atoms with E-state index in [4.69, 9.17) is 11.6 Å². The van der Waals surface area contributed by atoms with Crippen molar-refractivity contribution in [3.05, 3.63) is 53.9 Å². The van der Waals surface area contributed by atoms with Gasteiger partial charge >= 0.3 is 0 Å². The lowest BCUT2D eigenvalue weighted by Crippen LogP contribution is -2.05. The maximum absolute atomic E-state index is 6.06. The molecule has 2 rings (SSSR count). The maximum Gasteiger partial charge on any atom is 0.0492 e. The van der Waals surface area contributed by atoms with E-state index in [1.807, 2.05) is 24.0 Å². The molecular weight excluding hydrogens is 232 g/mol. The van der Waals surface area contributed by atoms with E-state index in [0.717, 1.165) is 12.8 Å². The third-order valence-electron chi connectivity index (χ3n) is 3.13. The van der Waals surface area contributed by atoms with Crippen LogP contribution in [0.1, 0.15) is 23.6 Å². The van der Waals surface area contributed by atoms with Gasteiger partial charge in [0.05, 0.1) is 0 Å². The van der Waals surface area contributed by atoms with Crippen LogP contribution in [-0.2, 0) is 13.5 Å². The Hall–Kier alpha value is -1.28. The summed E-state index contributed by atoms with van der Waals surface area (Å²) in [6, 6.07) is 12.5. The Morgan fingerprint density at radius 2 is 2.00 bits per heavy atom. The Bertz CT molecular complexity index is 450. The van der Waals surface area contributed by atoms with Crippen molar-refractivity contribution in [3.8, 4) is 0 Å². The lowest BCUT2D eigenvalue weighted by atomic mass is 9.95. The Kier molecular flexibility index (Phi) is 4.21. The molecular formula is C14H17ClN2. The van der Waals surface area contributed by atoms with Crippen LogP contribution in [0, 0.1) is 0 Å². The van der Waals surface area contributed by atoms with Crippen molar-refractivity contribution in [2.45, 2.75) is 18.8 Å². The van der Waals surface area contributed by atoms with Crippen molar-refractivity contribution in [1.82, 2.24) is 9.78 Å². The summed E-state index contributed by atoms with van der Waals surface area (Å²) >= 11 is 6.06. The first-order valence-corrected chi connectivity index (χ1v) is 6.42. The molecule has 3 heteroatoms. The van der Waals surface area contributed by atoms with Crippen LogP contribution in [0.4, 0.5) is 0 Å². The second kappa shape index (κ2) is 5.87. The van der Waals surface area contributed by atoms with E-state index in [0.29, 0.717) is 11.8 Å². The molecule has 0 aliphatic carbocycles. The summed E-state index contributed by atoms with van der Waals surface area (Å²) in [6.45, 7) is 0. The van der Waals surface area contributed by atoms with Gasteiger partial charge in [-0.05, 0) is 30.4 Å². The van der Waals surface area contributed by atoms with Gasteiger partial charge in [0, 0.05) is 24.8 Å². The fraction of sp³-hybridized carbons (Fsp3) is 0.357. The number of rotatable bonds is 5. The normalized spacial score (nSPS) is 12.6. The standard InChI is InChI=1S/C14H17ClN2/c1-17-14(9-10-16-17)8-7-13(11-15)12-5-3-2-4-6-12/h2-6,9-10,13H,7-8,11H2,1H3. The third-order valence-corrected chi connectivity index (χ3v) is 3.50. The summed E-state index contributed by atoms with van der Waals surface area (Å²) in [7, 11) is 1.98. The predicted molar refractivity (Wildman–Crippen MR) is 71.4 cm³/mol. The largest absolute Gasteiger partial charge is 0.273 e. The molecule has 2 nitrogen and oxygen atoms in total. The first-order valence-electron chi connectivity index (χ1n) is 5.89. The van der Waals surface area contributed by atoms with Crippen LogP contribution >= 0.6 is 11.6 Å². The molecule has 90 valence electrons. The highest BCUT2D eigenvalue weighted by atomic mass is 35.5. The summed E-state index contributed by atoms with van der Waals surface area (Å²) in [6.07, 6.45) is 3.92. The molecule has 1 heterocycles. The first kappa shape index (κ1) is 12.2. The number of alkyl halides is 1. The summed E-state index contributed by atoms with van der Waals surface area (Å²) in [5, 5.41) is 4.18. The van der Waals surface area contributed by atoms with Gasteiger partial charge in [-0.25, -0.2) is 0 Å². The van der Waals surface area contributed by atoms with Gasteiger partial charge in [0.15, 0.2) is 0 Å². The molecule has 0 aliphatic rings. The lowest BCUT2D eigenvalue weighted by Gasteiger charge is -2.14. The SMILES string of the molecule is Cn1nccc1CCC(CCl)c1ccccc1. The Morgan fingerprint density at radius 3 is 2.59 bits per heavy atom. The van der Waals surface area contributed by atoms with E-state index < -0.39 is 0 Å². The molecule has 1 aromatic heterocycles. The average molecular weight is 249 g/mol. The van der Waals surface area contributed by atoms with E-state index in [-0.39, 0.29) is 0 Å². The molecule has 0 spiro atoms. The number of aryl methyl sites for hydroxylation is 2. The van der Waals surface area contributed by atoms with Crippen molar-refractivity contribution in [2.24, 2.45) is 7.05 Å². The highest BCUT2D eigenvalue weighted by Gasteiger charge is 2.11. The van der Waals surface area contributed by atoms with E-state index in [1.54, 1.807) is 0 Å². The third kappa shape index (κ3) is 3.10. The highest BCUT2D eigenvalue weighted by molar-refractivity contribution is 6.18. The molecule has 0 saturated heterocycles. The van der Waals surface area contributed by atoms with Crippen LogP contribution < -0.4 is 0 Å². The summed E-state index contributed by atoms with van der Waals surface area (Å²) in [4.78, 5) is 0. The van der Waals surface area contributed by atoms with Crippen LogP contribution in [-0.4, -0.2) is 15.7 Å². The van der Waals surface area contributed by atoms with Gasteiger partial charge in [-0.15, -0.1) is 11.6 Å². The minimum Gasteiger partial charge on any atom is -0.273 e. The van der Waals surface area contributed by atoms with Gasteiger partial charge in [-0.2, -0.15) is 5.10 Å². The molecule has 0 radical (unpaired) electrons. The van der Waals surface area contributed by atoms with Gasteiger partial charge in [0.1, 0.15) is 0 Å². The molecule has 1 aromatic carbocycles. The van der Waals surface area contributed by atoms with Crippen LogP contribution in [0.3, 0.4) is 0 Å². The van der Waals surface area contributed by atoms with Gasteiger partial charge < -0.3 is 0 Å². The summed E-state index contributed by atoms with van der Waals surface area (Å²) in [5.41, 5.74) is 2.58. The van der Waals surface area contributed by atoms with Crippen molar-refractivity contribution >= 4 is 11.6 Å². The Balaban J connectivity index is 1.99. The zero-order valence-electron chi connectivity index (χ0n) is 10.0. The number of hydrogen-bond acceptors (Lipinski definition) is 1. The van der Waals surface area contributed by atoms with Crippen LogP contribution in [0.2, 0.25) is 0 Å². The van der Waals surface area contributed by atoms with Gasteiger partial charge in [0.2, 0.25) is 0 Å². The van der Waals surface area contributed by atoms with Crippen molar-refractivity contribution in [3.63, 3.8) is 0 Å². The Morgan fingerprint density at radius 1 is 1.24 bits per heavy atom. The monoisotopic (exact) mass is 248 g/mol.